The summed E-state index contributed by atoms with van der Waals surface area (Å²) < 4.78 is 17.8. The van der Waals surface area contributed by atoms with Crippen LogP contribution in [0, 0.1) is 17.8 Å². The largest absolute Gasteiger partial charge is 0.494 e. The van der Waals surface area contributed by atoms with Gasteiger partial charge in [-0.1, -0.05) is 31.1 Å². The molecule has 0 saturated heterocycles. The van der Waals surface area contributed by atoms with Gasteiger partial charge < -0.3 is 4.74 Å². The first-order valence-corrected chi connectivity index (χ1v) is 10.8. The van der Waals surface area contributed by atoms with Crippen LogP contribution in [0.5, 0.6) is 5.75 Å². The number of benzene rings is 1. The molecule has 0 atom stereocenters. The van der Waals surface area contributed by atoms with E-state index in [0.717, 1.165) is 36.4 Å². The molecule has 0 amide bonds. The molecule has 3 rings (SSSR count). The molecular weight excluding hydrogens is 323 g/mol. The molecule has 0 bridgehead atoms. The van der Waals surface area contributed by atoms with Gasteiger partial charge in [0, 0.05) is 0 Å². The van der Waals surface area contributed by atoms with E-state index in [1.165, 1.54) is 69.8 Å². The van der Waals surface area contributed by atoms with Gasteiger partial charge in [0.25, 0.3) is 0 Å². The molecule has 26 heavy (non-hydrogen) atoms. The minimum atomic E-state index is 0.501. The predicted octanol–water partition coefficient (Wildman–Crippen LogP) is 7.43. The molecule has 0 unspecified atom stereocenters. The highest BCUT2D eigenvalue weighted by molar-refractivity contribution is 5.29. The van der Waals surface area contributed by atoms with Crippen molar-refractivity contribution in [2.45, 2.75) is 77.0 Å². The Hall–Kier alpha value is -1.31. The van der Waals surface area contributed by atoms with Crippen molar-refractivity contribution < 1.29 is 9.13 Å². The third-order valence-corrected chi connectivity index (χ3v) is 6.73. The van der Waals surface area contributed by atoms with E-state index in [-0.39, 0.29) is 0 Å². The van der Waals surface area contributed by atoms with E-state index < -0.39 is 0 Å². The van der Waals surface area contributed by atoms with Crippen molar-refractivity contribution >= 4 is 0 Å². The van der Waals surface area contributed by atoms with Crippen LogP contribution in [0.4, 0.5) is 4.39 Å². The molecule has 1 nitrogen and oxygen atoms in total. The molecule has 0 N–H and O–H groups in total. The maximum Gasteiger partial charge on any atom is 0.119 e. The van der Waals surface area contributed by atoms with Crippen molar-refractivity contribution in [3.63, 3.8) is 0 Å². The summed E-state index contributed by atoms with van der Waals surface area (Å²) >= 11 is 0. The molecule has 2 saturated carbocycles. The Balaban J connectivity index is 1.36. The van der Waals surface area contributed by atoms with Crippen molar-refractivity contribution in [2.24, 2.45) is 17.8 Å². The average molecular weight is 359 g/mol. The summed E-state index contributed by atoms with van der Waals surface area (Å²) in [5, 5.41) is 0. The topological polar surface area (TPSA) is 9.23 Å². The molecule has 1 aromatic rings. The van der Waals surface area contributed by atoms with E-state index in [4.69, 9.17) is 4.74 Å². The summed E-state index contributed by atoms with van der Waals surface area (Å²) in [4.78, 5) is 0. The number of hydrogen-bond donors (Lipinski definition) is 0. The minimum absolute atomic E-state index is 0.501. The van der Waals surface area contributed by atoms with E-state index in [1.54, 1.807) is 6.08 Å². The molecule has 2 fully saturated rings. The molecule has 0 spiro atoms. The standard InChI is InChI=1S/C24H35FO/c1-2-26-24-15-13-23(14-16-24)22-11-9-20(10-12-22)4-3-19-5-7-21(8-6-19)17-18-25/h13-22H,2-12H2,1H3. The number of rotatable bonds is 7. The van der Waals surface area contributed by atoms with Crippen LogP contribution in [0.15, 0.2) is 36.7 Å². The fourth-order valence-electron chi connectivity index (χ4n) is 5.03. The Kier molecular flexibility index (Phi) is 7.58. The van der Waals surface area contributed by atoms with Crippen LogP contribution in [-0.4, -0.2) is 6.61 Å². The number of halogens is 1. The van der Waals surface area contributed by atoms with Gasteiger partial charge in [0.2, 0.25) is 0 Å². The highest BCUT2D eigenvalue weighted by Crippen LogP contribution is 2.40. The Morgan fingerprint density at radius 3 is 2.00 bits per heavy atom. The van der Waals surface area contributed by atoms with Crippen molar-refractivity contribution in [2.75, 3.05) is 6.61 Å². The van der Waals surface area contributed by atoms with Crippen LogP contribution in [0.2, 0.25) is 0 Å². The lowest BCUT2D eigenvalue weighted by Gasteiger charge is -2.31. The quantitative estimate of drug-likeness (QED) is 0.492. The van der Waals surface area contributed by atoms with E-state index in [0.29, 0.717) is 5.92 Å². The maximum atomic E-state index is 12.3. The van der Waals surface area contributed by atoms with Gasteiger partial charge in [-0.05, 0) is 99.7 Å². The molecule has 1 aromatic carbocycles. The van der Waals surface area contributed by atoms with Gasteiger partial charge >= 0.3 is 0 Å². The first-order valence-electron chi connectivity index (χ1n) is 10.8. The lowest BCUT2D eigenvalue weighted by molar-refractivity contribution is 0.245. The van der Waals surface area contributed by atoms with Crippen molar-refractivity contribution in [1.82, 2.24) is 0 Å². The zero-order valence-electron chi connectivity index (χ0n) is 16.3. The summed E-state index contributed by atoms with van der Waals surface area (Å²) in [7, 11) is 0. The van der Waals surface area contributed by atoms with Crippen LogP contribution in [0.3, 0.4) is 0 Å². The van der Waals surface area contributed by atoms with Crippen LogP contribution < -0.4 is 4.74 Å². The maximum absolute atomic E-state index is 12.3. The van der Waals surface area contributed by atoms with Gasteiger partial charge in [0.05, 0.1) is 12.9 Å². The van der Waals surface area contributed by atoms with Crippen molar-refractivity contribution in [1.29, 1.82) is 0 Å². The molecule has 2 aliphatic rings. The zero-order valence-corrected chi connectivity index (χ0v) is 16.3. The fraction of sp³-hybridized carbons (Fsp3) is 0.667. The van der Waals surface area contributed by atoms with Gasteiger partial charge in [-0.3, -0.25) is 0 Å². The van der Waals surface area contributed by atoms with Crippen LogP contribution >= 0.6 is 0 Å². The Morgan fingerprint density at radius 2 is 1.46 bits per heavy atom. The first-order chi connectivity index (χ1) is 12.8. The second-order valence-corrected chi connectivity index (χ2v) is 8.40. The summed E-state index contributed by atoms with van der Waals surface area (Å²) in [5.74, 6) is 4.05. The van der Waals surface area contributed by atoms with Gasteiger partial charge in [0.15, 0.2) is 0 Å². The number of ether oxygens (including phenoxy) is 1. The highest BCUT2D eigenvalue weighted by atomic mass is 19.1. The zero-order chi connectivity index (χ0) is 18.2. The first kappa shape index (κ1) is 19.5. The van der Waals surface area contributed by atoms with Crippen LogP contribution in [0.25, 0.3) is 0 Å². The predicted molar refractivity (Wildman–Crippen MR) is 107 cm³/mol. The lowest BCUT2D eigenvalue weighted by atomic mass is 9.74. The molecule has 2 aliphatic carbocycles. The molecule has 144 valence electrons. The van der Waals surface area contributed by atoms with Crippen molar-refractivity contribution in [3.8, 4) is 5.75 Å². The SMILES string of the molecule is CCOc1ccc(C2CCC(CCC3CCC(C=CF)CC3)CC2)cc1. The smallest absolute Gasteiger partial charge is 0.119 e. The number of hydrogen-bond acceptors (Lipinski definition) is 1. The summed E-state index contributed by atoms with van der Waals surface area (Å²) in [6.45, 7) is 2.76. The van der Waals surface area contributed by atoms with Crippen molar-refractivity contribution in [3.05, 3.63) is 42.2 Å². The second kappa shape index (κ2) is 10.1. The molecule has 0 aromatic heterocycles. The van der Waals surface area contributed by atoms with Gasteiger partial charge in [-0.2, -0.15) is 0 Å². The normalized spacial score (nSPS) is 29.8. The van der Waals surface area contributed by atoms with E-state index >= 15 is 0 Å². The van der Waals surface area contributed by atoms with Crippen LogP contribution in [-0.2, 0) is 0 Å². The van der Waals surface area contributed by atoms with Gasteiger partial charge in [-0.15, -0.1) is 0 Å². The van der Waals surface area contributed by atoms with Gasteiger partial charge in [-0.25, -0.2) is 4.39 Å². The Bertz CT molecular complexity index is 534. The fourth-order valence-corrected chi connectivity index (χ4v) is 5.03. The third-order valence-electron chi connectivity index (χ3n) is 6.73. The molecular formula is C24H35FO. The summed E-state index contributed by atoms with van der Waals surface area (Å²) in [5.41, 5.74) is 1.49. The van der Waals surface area contributed by atoms with Gasteiger partial charge in [0.1, 0.15) is 5.75 Å². The van der Waals surface area contributed by atoms with E-state index in [2.05, 4.69) is 24.3 Å². The minimum Gasteiger partial charge on any atom is -0.494 e. The van der Waals surface area contributed by atoms with E-state index in [1.807, 2.05) is 6.92 Å². The molecule has 0 heterocycles. The molecule has 0 aliphatic heterocycles. The third kappa shape index (κ3) is 5.59. The van der Waals surface area contributed by atoms with Crippen LogP contribution in [0.1, 0.15) is 82.6 Å². The average Bonchev–Trinajstić information content (AvgIpc) is 2.69. The number of allylic oxidation sites excluding steroid dienone is 1. The van der Waals surface area contributed by atoms with E-state index in [9.17, 15) is 4.39 Å². The molecule has 2 heteroatoms. The Morgan fingerprint density at radius 1 is 0.885 bits per heavy atom. The lowest BCUT2D eigenvalue weighted by Crippen LogP contribution is -2.17. The second-order valence-electron chi connectivity index (χ2n) is 8.40. The summed E-state index contributed by atoms with van der Waals surface area (Å²) in [6, 6.07) is 8.78. The summed E-state index contributed by atoms with van der Waals surface area (Å²) in [6.07, 6.45) is 15.7. The highest BCUT2D eigenvalue weighted by Gasteiger charge is 2.24. The molecule has 0 radical (unpaired) electrons. The monoisotopic (exact) mass is 358 g/mol. The Labute approximate surface area is 159 Å².